The van der Waals surface area contributed by atoms with E-state index in [0.29, 0.717) is 24.5 Å². The summed E-state index contributed by atoms with van der Waals surface area (Å²) in [5, 5.41) is 0. The summed E-state index contributed by atoms with van der Waals surface area (Å²) in [6.45, 7) is 4.89. The lowest BCUT2D eigenvalue weighted by Gasteiger charge is -2.25. The Kier molecular flexibility index (Phi) is 3.95. The van der Waals surface area contributed by atoms with Crippen LogP contribution in [0.3, 0.4) is 0 Å². The van der Waals surface area contributed by atoms with Crippen LogP contribution in [0.25, 0.3) is 0 Å². The summed E-state index contributed by atoms with van der Waals surface area (Å²) < 4.78 is 5.74. The van der Waals surface area contributed by atoms with E-state index in [0.717, 1.165) is 13.0 Å². The normalized spacial score (nSPS) is 19.1. The lowest BCUT2D eigenvalue weighted by Crippen LogP contribution is -2.19. The van der Waals surface area contributed by atoms with Gasteiger partial charge in [-0.15, -0.1) is 0 Å². The van der Waals surface area contributed by atoms with Crippen molar-refractivity contribution in [2.45, 2.75) is 39.2 Å². The van der Waals surface area contributed by atoms with E-state index in [1.165, 1.54) is 11.1 Å². The van der Waals surface area contributed by atoms with Gasteiger partial charge in [-0.05, 0) is 23.5 Å². The average Bonchev–Trinajstić information content (AvgIpc) is 2.28. The van der Waals surface area contributed by atoms with E-state index in [1.54, 1.807) is 0 Å². The molecule has 0 radical (unpaired) electrons. The van der Waals surface area contributed by atoms with E-state index in [1.807, 2.05) is 6.07 Å². The summed E-state index contributed by atoms with van der Waals surface area (Å²) in [6, 6.07) is 8.30. The molecule has 0 fully saturated rings. The van der Waals surface area contributed by atoms with Gasteiger partial charge in [0, 0.05) is 12.8 Å². The summed E-state index contributed by atoms with van der Waals surface area (Å²) in [6.07, 6.45) is 2.12. The van der Waals surface area contributed by atoms with Gasteiger partial charge in [-0.2, -0.15) is 0 Å². The number of hydrogen-bond donors (Lipinski definition) is 0. The fourth-order valence-corrected chi connectivity index (χ4v) is 2.39. The molecule has 2 heteroatoms. The van der Waals surface area contributed by atoms with Crippen LogP contribution in [0.1, 0.15) is 43.9 Å². The van der Waals surface area contributed by atoms with Crippen molar-refractivity contribution in [2.24, 2.45) is 5.92 Å². The first kappa shape index (κ1) is 12.3. The van der Waals surface area contributed by atoms with Crippen molar-refractivity contribution in [3.05, 3.63) is 35.4 Å². The smallest absolute Gasteiger partial charge is 0.136 e. The minimum atomic E-state index is -0.0220. The second kappa shape index (κ2) is 5.46. The third-order valence-corrected chi connectivity index (χ3v) is 3.14. The highest BCUT2D eigenvalue weighted by atomic mass is 16.5. The summed E-state index contributed by atoms with van der Waals surface area (Å²) in [5.41, 5.74) is 2.54. The molecular formula is C15H20O2. The molecule has 0 bridgehead atoms. The second-order valence-electron chi connectivity index (χ2n) is 5.15. The third-order valence-electron chi connectivity index (χ3n) is 3.14. The summed E-state index contributed by atoms with van der Waals surface area (Å²) in [5.74, 6) is 0.739. The number of ketones is 1. The number of carbonyl (C=O) groups excluding carboxylic acids is 1. The summed E-state index contributed by atoms with van der Waals surface area (Å²) >= 11 is 0. The van der Waals surface area contributed by atoms with Crippen molar-refractivity contribution < 1.29 is 9.53 Å². The van der Waals surface area contributed by atoms with Gasteiger partial charge in [0.1, 0.15) is 5.78 Å². The quantitative estimate of drug-likeness (QED) is 0.796. The molecule has 2 rings (SSSR count). The maximum absolute atomic E-state index is 11.9. The Bertz CT molecular complexity index is 396. The van der Waals surface area contributed by atoms with Gasteiger partial charge in [-0.1, -0.05) is 38.1 Å². The standard InChI is InChI=1S/C15H20O2/c1-11(2)9-13(16)10-15-14-6-4-3-5-12(14)7-8-17-15/h3-6,11,15H,7-10H2,1-2H3. The lowest BCUT2D eigenvalue weighted by atomic mass is 9.93. The van der Waals surface area contributed by atoms with Gasteiger partial charge in [0.2, 0.25) is 0 Å². The number of benzene rings is 1. The van der Waals surface area contributed by atoms with E-state index in [4.69, 9.17) is 4.74 Å². The Morgan fingerprint density at radius 3 is 2.94 bits per heavy atom. The lowest BCUT2D eigenvalue weighted by molar-refractivity contribution is -0.123. The number of fused-ring (bicyclic) bond motifs is 1. The molecule has 1 aromatic carbocycles. The maximum Gasteiger partial charge on any atom is 0.136 e. The molecule has 0 saturated carbocycles. The molecule has 0 spiro atoms. The first-order valence-corrected chi connectivity index (χ1v) is 6.38. The minimum absolute atomic E-state index is 0.0220. The topological polar surface area (TPSA) is 26.3 Å². The number of hydrogen-bond acceptors (Lipinski definition) is 2. The Morgan fingerprint density at radius 2 is 2.18 bits per heavy atom. The van der Waals surface area contributed by atoms with Crippen molar-refractivity contribution in [3.8, 4) is 0 Å². The Labute approximate surface area is 103 Å². The summed E-state index contributed by atoms with van der Waals surface area (Å²) in [7, 11) is 0. The molecular weight excluding hydrogens is 212 g/mol. The highest BCUT2D eigenvalue weighted by Crippen LogP contribution is 2.30. The molecule has 0 saturated heterocycles. The van der Waals surface area contributed by atoms with Crippen LogP contribution < -0.4 is 0 Å². The molecule has 92 valence electrons. The van der Waals surface area contributed by atoms with Gasteiger partial charge >= 0.3 is 0 Å². The first-order chi connectivity index (χ1) is 8.16. The second-order valence-corrected chi connectivity index (χ2v) is 5.15. The number of ether oxygens (including phenoxy) is 1. The molecule has 1 aliphatic rings. The van der Waals surface area contributed by atoms with Gasteiger partial charge in [-0.25, -0.2) is 0 Å². The predicted molar refractivity (Wildman–Crippen MR) is 67.9 cm³/mol. The Morgan fingerprint density at radius 1 is 1.41 bits per heavy atom. The van der Waals surface area contributed by atoms with Crippen molar-refractivity contribution in [1.82, 2.24) is 0 Å². The SMILES string of the molecule is CC(C)CC(=O)CC1OCCc2ccccc21. The largest absolute Gasteiger partial charge is 0.373 e. The van der Waals surface area contributed by atoms with Crippen LogP contribution >= 0.6 is 0 Å². The van der Waals surface area contributed by atoms with Gasteiger partial charge in [-0.3, -0.25) is 4.79 Å². The van der Waals surface area contributed by atoms with Gasteiger partial charge in [0.05, 0.1) is 12.7 Å². The number of Topliss-reactive ketones (excluding diaryl/α,β-unsaturated/α-hetero) is 1. The van der Waals surface area contributed by atoms with Crippen LogP contribution in [-0.4, -0.2) is 12.4 Å². The molecule has 1 aliphatic heterocycles. The van der Waals surface area contributed by atoms with E-state index < -0.39 is 0 Å². The highest BCUT2D eigenvalue weighted by molar-refractivity contribution is 5.79. The van der Waals surface area contributed by atoms with Crippen molar-refractivity contribution in [1.29, 1.82) is 0 Å². The van der Waals surface area contributed by atoms with E-state index >= 15 is 0 Å². The third kappa shape index (κ3) is 3.16. The maximum atomic E-state index is 11.9. The van der Waals surface area contributed by atoms with E-state index in [-0.39, 0.29) is 6.10 Å². The molecule has 0 amide bonds. The predicted octanol–water partition coefficient (Wildman–Crippen LogP) is 3.31. The van der Waals surface area contributed by atoms with E-state index in [9.17, 15) is 4.79 Å². The minimum Gasteiger partial charge on any atom is -0.373 e. The zero-order valence-corrected chi connectivity index (χ0v) is 10.6. The van der Waals surface area contributed by atoms with Crippen molar-refractivity contribution in [2.75, 3.05) is 6.61 Å². The van der Waals surface area contributed by atoms with Crippen LogP contribution in [-0.2, 0) is 16.0 Å². The molecule has 1 unspecified atom stereocenters. The van der Waals surface area contributed by atoms with Crippen LogP contribution in [0.4, 0.5) is 0 Å². The van der Waals surface area contributed by atoms with Crippen LogP contribution in [0, 0.1) is 5.92 Å². The zero-order valence-electron chi connectivity index (χ0n) is 10.6. The molecule has 0 N–H and O–H groups in total. The fourth-order valence-electron chi connectivity index (χ4n) is 2.39. The van der Waals surface area contributed by atoms with Gasteiger partial charge < -0.3 is 4.74 Å². The van der Waals surface area contributed by atoms with Gasteiger partial charge in [0.15, 0.2) is 0 Å². The molecule has 17 heavy (non-hydrogen) atoms. The number of rotatable bonds is 4. The Hall–Kier alpha value is -1.15. The molecule has 0 aromatic heterocycles. The molecule has 0 aliphatic carbocycles. The average molecular weight is 232 g/mol. The molecule has 1 aromatic rings. The van der Waals surface area contributed by atoms with Crippen molar-refractivity contribution in [3.63, 3.8) is 0 Å². The zero-order chi connectivity index (χ0) is 12.3. The highest BCUT2D eigenvalue weighted by Gasteiger charge is 2.22. The Balaban J connectivity index is 2.06. The van der Waals surface area contributed by atoms with Crippen LogP contribution in [0.5, 0.6) is 0 Å². The van der Waals surface area contributed by atoms with Gasteiger partial charge in [0.25, 0.3) is 0 Å². The van der Waals surface area contributed by atoms with Crippen molar-refractivity contribution >= 4 is 5.78 Å². The molecule has 1 atom stereocenters. The molecule has 2 nitrogen and oxygen atoms in total. The number of carbonyl (C=O) groups is 1. The van der Waals surface area contributed by atoms with Crippen LogP contribution in [0.15, 0.2) is 24.3 Å². The van der Waals surface area contributed by atoms with Crippen LogP contribution in [0.2, 0.25) is 0 Å². The fraction of sp³-hybridized carbons (Fsp3) is 0.533. The van der Waals surface area contributed by atoms with E-state index in [2.05, 4.69) is 32.0 Å². The monoisotopic (exact) mass is 232 g/mol. The first-order valence-electron chi connectivity index (χ1n) is 6.38. The summed E-state index contributed by atoms with van der Waals surface area (Å²) in [4.78, 5) is 11.9. The molecule has 1 heterocycles.